The van der Waals surface area contributed by atoms with Gasteiger partial charge >= 0.3 is 6.18 Å². The maximum absolute atomic E-state index is 13.3. The Morgan fingerprint density at radius 3 is 2.66 bits per heavy atom. The molecule has 0 saturated carbocycles. The van der Waals surface area contributed by atoms with Gasteiger partial charge < -0.3 is 15.2 Å². The summed E-state index contributed by atoms with van der Waals surface area (Å²) in [5, 5.41) is 0. The van der Waals surface area contributed by atoms with Crippen molar-refractivity contribution in [2.24, 2.45) is 10.7 Å². The molecule has 1 amide bonds. The summed E-state index contributed by atoms with van der Waals surface area (Å²) in [5.74, 6) is 0.301. The number of amides is 1. The first kappa shape index (κ1) is 22.1. The smallest absolute Gasteiger partial charge is 0.416 e. The number of guanidine groups is 1. The summed E-state index contributed by atoms with van der Waals surface area (Å²) in [5.41, 5.74) is 5.41. The van der Waals surface area contributed by atoms with Gasteiger partial charge in [-0.1, -0.05) is 18.2 Å². The van der Waals surface area contributed by atoms with E-state index >= 15 is 0 Å². The predicted molar refractivity (Wildman–Crippen MR) is 113 cm³/mol. The van der Waals surface area contributed by atoms with E-state index < -0.39 is 17.3 Å². The van der Waals surface area contributed by atoms with E-state index in [1.165, 1.54) is 11.0 Å². The molecule has 2 aliphatic rings. The molecular weight excluding hydrogens is 423 g/mol. The molecule has 4 rings (SSSR count). The molecule has 9 heteroatoms. The first-order valence-electron chi connectivity index (χ1n) is 10.3. The van der Waals surface area contributed by atoms with Crippen molar-refractivity contribution >= 4 is 11.9 Å². The molecule has 0 aliphatic carbocycles. The summed E-state index contributed by atoms with van der Waals surface area (Å²) >= 11 is 0. The van der Waals surface area contributed by atoms with E-state index in [0.29, 0.717) is 41.9 Å². The molecule has 2 heterocycles. The number of likely N-dealkylation sites (N-methyl/N-ethyl adjacent to an activating group) is 1. The number of hydrogen-bond donors (Lipinski definition) is 1. The fourth-order valence-electron chi connectivity index (χ4n) is 4.30. The quantitative estimate of drug-likeness (QED) is 0.705. The van der Waals surface area contributed by atoms with Crippen molar-refractivity contribution in [2.75, 3.05) is 20.8 Å². The zero-order chi connectivity index (χ0) is 23.1. The van der Waals surface area contributed by atoms with Gasteiger partial charge in [-0.3, -0.25) is 9.69 Å². The molecular formula is C23H24F3N3O3. The van der Waals surface area contributed by atoms with Gasteiger partial charge in [0.25, 0.3) is 5.91 Å². The molecule has 0 bridgehead atoms. The Balaban J connectivity index is 1.78. The van der Waals surface area contributed by atoms with E-state index in [-0.39, 0.29) is 18.0 Å². The molecule has 2 aromatic carbocycles. The molecule has 0 radical (unpaired) electrons. The van der Waals surface area contributed by atoms with Crippen molar-refractivity contribution in [3.63, 3.8) is 0 Å². The van der Waals surface area contributed by atoms with Crippen LogP contribution in [0.5, 0.6) is 5.75 Å². The van der Waals surface area contributed by atoms with Crippen LogP contribution >= 0.6 is 0 Å². The van der Waals surface area contributed by atoms with E-state index in [9.17, 15) is 18.0 Å². The third-order valence-corrected chi connectivity index (χ3v) is 5.95. The number of carbonyl (C=O) groups is 1. The van der Waals surface area contributed by atoms with Crippen molar-refractivity contribution in [1.82, 2.24) is 4.90 Å². The lowest BCUT2D eigenvalue weighted by Gasteiger charge is -2.37. The lowest BCUT2D eigenvalue weighted by atomic mass is 9.79. The standard InChI is InChI=1S/C23H24F3N3O3/c1-29-20(30)22(28-21(29)27)13-17(7-4-10-31-2)32-19-9-8-15(12-18(19)22)14-5-3-6-16(11-14)23(24,25)26/h3,5-6,8-9,11-12,17H,4,7,10,13H2,1-2H3,(H2,27,28)/t17-,22-/m0/s1. The van der Waals surface area contributed by atoms with Crippen LogP contribution in [0.15, 0.2) is 47.5 Å². The van der Waals surface area contributed by atoms with Crippen molar-refractivity contribution in [3.8, 4) is 16.9 Å². The summed E-state index contributed by atoms with van der Waals surface area (Å²) in [7, 11) is 3.18. The number of aliphatic imine (C=N–C) groups is 1. The molecule has 2 aromatic rings. The van der Waals surface area contributed by atoms with E-state index in [4.69, 9.17) is 15.2 Å². The van der Waals surface area contributed by atoms with Crippen LogP contribution in [0.3, 0.4) is 0 Å². The van der Waals surface area contributed by atoms with Crippen molar-refractivity contribution in [1.29, 1.82) is 0 Å². The first-order chi connectivity index (χ1) is 15.2. The zero-order valence-electron chi connectivity index (χ0n) is 17.8. The Bertz CT molecular complexity index is 1070. The molecule has 1 spiro atoms. The molecule has 0 saturated heterocycles. The van der Waals surface area contributed by atoms with Crippen molar-refractivity contribution < 1.29 is 27.4 Å². The van der Waals surface area contributed by atoms with Gasteiger partial charge in [0.2, 0.25) is 0 Å². The third-order valence-electron chi connectivity index (χ3n) is 5.95. The minimum Gasteiger partial charge on any atom is -0.490 e. The number of hydrogen-bond acceptors (Lipinski definition) is 5. The maximum atomic E-state index is 13.3. The van der Waals surface area contributed by atoms with Crippen LogP contribution in [0.4, 0.5) is 13.2 Å². The van der Waals surface area contributed by atoms with Crippen LogP contribution in [0, 0.1) is 0 Å². The summed E-state index contributed by atoms with van der Waals surface area (Å²) in [4.78, 5) is 19.1. The monoisotopic (exact) mass is 447 g/mol. The highest BCUT2D eigenvalue weighted by Crippen LogP contribution is 2.48. The average molecular weight is 447 g/mol. The number of fused-ring (bicyclic) bond motifs is 2. The topological polar surface area (TPSA) is 77.2 Å². The molecule has 0 fully saturated rings. The second-order valence-corrected chi connectivity index (χ2v) is 8.06. The van der Waals surface area contributed by atoms with Crippen LogP contribution in [0.1, 0.15) is 30.4 Å². The van der Waals surface area contributed by atoms with Gasteiger partial charge in [0.05, 0.1) is 5.56 Å². The highest BCUT2D eigenvalue weighted by molar-refractivity contribution is 6.07. The van der Waals surface area contributed by atoms with Crippen molar-refractivity contribution in [3.05, 3.63) is 53.6 Å². The van der Waals surface area contributed by atoms with Gasteiger partial charge in [-0.25, -0.2) is 4.99 Å². The van der Waals surface area contributed by atoms with Crippen molar-refractivity contribution in [2.45, 2.75) is 37.1 Å². The summed E-state index contributed by atoms with van der Waals surface area (Å²) in [6, 6.07) is 10.1. The Kier molecular flexibility index (Phi) is 5.62. The molecule has 170 valence electrons. The normalized spacial score (nSPS) is 22.7. The number of rotatable bonds is 5. The van der Waals surface area contributed by atoms with Crippen LogP contribution in [-0.4, -0.2) is 43.6 Å². The minimum atomic E-state index is -4.45. The number of carbonyl (C=O) groups excluding carboxylic acids is 1. The van der Waals surface area contributed by atoms with Crippen LogP contribution in [-0.2, 0) is 21.2 Å². The number of ether oxygens (including phenoxy) is 2. The fourth-order valence-corrected chi connectivity index (χ4v) is 4.30. The number of benzene rings is 2. The van der Waals surface area contributed by atoms with E-state index in [1.54, 1.807) is 38.4 Å². The number of alkyl halides is 3. The van der Waals surface area contributed by atoms with Gasteiger partial charge in [-0.2, -0.15) is 13.2 Å². The first-order valence-corrected chi connectivity index (χ1v) is 10.3. The molecule has 2 aliphatic heterocycles. The predicted octanol–water partition coefficient (Wildman–Crippen LogP) is 3.93. The van der Waals surface area contributed by atoms with Gasteiger partial charge in [0.15, 0.2) is 11.5 Å². The maximum Gasteiger partial charge on any atom is 0.416 e. The lowest BCUT2D eigenvalue weighted by molar-refractivity contribution is -0.137. The van der Waals surface area contributed by atoms with Gasteiger partial charge in [-0.15, -0.1) is 0 Å². The third kappa shape index (κ3) is 3.81. The number of halogens is 3. The second-order valence-electron chi connectivity index (χ2n) is 8.06. The zero-order valence-corrected chi connectivity index (χ0v) is 17.8. The minimum absolute atomic E-state index is 0.1000. The van der Waals surface area contributed by atoms with Crippen LogP contribution in [0.2, 0.25) is 0 Å². The second kappa shape index (κ2) is 8.12. The van der Waals surface area contributed by atoms with E-state index in [1.807, 2.05) is 0 Å². The number of methoxy groups -OCH3 is 1. The van der Waals surface area contributed by atoms with E-state index in [2.05, 4.69) is 4.99 Å². The Morgan fingerprint density at radius 2 is 2.00 bits per heavy atom. The summed E-state index contributed by atoms with van der Waals surface area (Å²) in [6.07, 6.45) is -3.02. The van der Waals surface area contributed by atoms with Gasteiger partial charge in [0, 0.05) is 32.7 Å². The highest BCUT2D eigenvalue weighted by atomic mass is 19.4. The van der Waals surface area contributed by atoms with E-state index in [0.717, 1.165) is 18.6 Å². The van der Waals surface area contributed by atoms with Crippen LogP contribution in [0.25, 0.3) is 11.1 Å². The number of nitrogens with two attached hydrogens (primary N) is 1. The largest absolute Gasteiger partial charge is 0.490 e. The SMILES string of the molecule is COCCC[C@H]1C[C@]2(N=C(N)N(C)C2=O)c2cc(-c3cccc(C(F)(F)F)c3)ccc2O1. The lowest BCUT2D eigenvalue weighted by Crippen LogP contribution is -2.45. The Hall–Kier alpha value is -3.07. The molecule has 0 unspecified atom stereocenters. The fraction of sp³-hybridized carbons (Fsp3) is 0.391. The summed E-state index contributed by atoms with van der Waals surface area (Å²) < 4.78 is 50.8. The highest BCUT2D eigenvalue weighted by Gasteiger charge is 2.53. The average Bonchev–Trinajstić information content (AvgIpc) is 2.97. The Morgan fingerprint density at radius 1 is 1.25 bits per heavy atom. The molecule has 6 nitrogen and oxygen atoms in total. The molecule has 2 N–H and O–H groups in total. The Labute approximate surface area is 183 Å². The molecule has 32 heavy (non-hydrogen) atoms. The van der Waals surface area contributed by atoms with Gasteiger partial charge in [0.1, 0.15) is 11.9 Å². The van der Waals surface area contributed by atoms with Crippen LogP contribution < -0.4 is 10.5 Å². The number of nitrogens with zero attached hydrogens (tertiary/aromatic N) is 2. The molecule has 0 aromatic heterocycles. The molecule has 2 atom stereocenters. The summed E-state index contributed by atoms with van der Waals surface area (Å²) in [6.45, 7) is 0.563. The van der Waals surface area contributed by atoms with Gasteiger partial charge in [-0.05, 0) is 48.2 Å².